The fraction of sp³-hybridized carbons (Fsp3) is 0.649. The second kappa shape index (κ2) is 28.3. The first-order valence-electron chi connectivity index (χ1n) is 17.5. The zero-order valence-corrected chi connectivity index (χ0v) is 31.4. The quantitative estimate of drug-likeness (QED) is 0.0858. The Labute approximate surface area is 299 Å². The number of rotatable bonds is 33. The highest BCUT2D eigenvalue weighted by molar-refractivity contribution is 6.99. The van der Waals surface area contributed by atoms with Gasteiger partial charge in [-0.1, -0.05) is 81.4 Å². The Bertz CT molecular complexity index is 1030. The number of carbonyl (C=O) groups is 1. The van der Waals surface area contributed by atoms with E-state index < -0.39 is 14.3 Å². The number of hydrogen-bond acceptors (Lipinski definition) is 11. The minimum absolute atomic E-state index is 0.00217. The largest absolute Gasteiger partial charge is 0.481 e. The minimum atomic E-state index is -2.54. The van der Waals surface area contributed by atoms with Crippen LogP contribution in [-0.4, -0.2) is 145 Å². The Kier molecular flexibility index (Phi) is 24.9. The maximum Gasteiger partial charge on any atom is 0.305 e. The minimum Gasteiger partial charge on any atom is -0.481 e. The molecule has 2 aromatic rings. The molecule has 13 heteroatoms. The average Bonchev–Trinajstić information content (AvgIpc) is 3.11. The van der Waals surface area contributed by atoms with E-state index in [1.165, 1.54) is 10.4 Å². The maximum absolute atomic E-state index is 10.4. The average molecular weight is 725 g/mol. The lowest BCUT2D eigenvalue weighted by molar-refractivity contribution is -0.138. The van der Waals surface area contributed by atoms with E-state index in [1.54, 1.807) is 0 Å². The van der Waals surface area contributed by atoms with Gasteiger partial charge in [-0.2, -0.15) is 0 Å². The van der Waals surface area contributed by atoms with Crippen LogP contribution in [0.1, 0.15) is 27.2 Å². The fourth-order valence-electron chi connectivity index (χ4n) is 5.04. The van der Waals surface area contributed by atoms with Crippen LogP contribution in [0.5, 0.6) is 0 Å². The van der Waals surface area contributed by atoms with Gasteiger partial charge < -0.3 is 52.2 Å². The van der Waals surface area contributed by atoms with Gasteiger partial charge in [0.1, 0.15) is 0 Å². The highest BCUT2D eigenvalue weighted by Crippen LogP contribution is 2.36. The SMILES string of the molecule is CC(C)(C)[Si](OCCOCCOCCOCCOCCOCCOCCOCCOCCOCCC(=O)O)(c1ccccc1)c1ccccc1. The van der Waals surface area contributed by atoms with Crippen molar-refractivity contribution in [2.24, 2.45) is 0 Å². The van der Waals surface area contributed by atoms with Gasteiger partial charge in [-0.05, 0) is 15.4 Å². The van der Waals surface area contributed by atoms with E-state index in [4.69, 9.17) is 52.2 Å². The molecule has 0 bridgehead atoms. The summed E-state index contributed by atoms with van der Waals surface area (Å²) in [5.74, 6) is -0.873. The molecule has 12 nitrogen and oxygen atoms in total. The summed E-state index contributed by atoms with van der Waals surface area (Å²) in [6, 6.07) is 21.2. The number of hydrogen-bond donors (Lipinski definition) is 1. The van der Waals surface area contributed by atoms with Gasteiger partial charge >= 0.3 is 5.97 Å². The number of carboxylic acids is 1. The molecule has 0 amide bonds. The highest BCUT2D eigenvalue weighted by atomic mass is 28.4. The predicted octanol–water partition coefficient (Wildman–Crippen LogP) is 3.19. The molecule has 0 aliphatic heterocycles. The van der Waals surface area contributed by atoms with Gasteiger partial charge in [-0.3, -0.25) is 4.79 Å². The van der Waals surface area contributed by atoms with Crippen LogP contribution in [-0.2, 0) is 51.9 Å². The lowest BCUT2D eigenvalue weighted by atomic mass is 10.2. The van der Waals surface area contributed by atoms with Gasteiger partial charge in [-0.15, -0.1) is 0 Å². The van der Waals surface area contributed by atoms with Crippen molar-refractivity contribution in [2.75, 3.05) is 126 Å². The van der Waals surface area contributed by atoms with Crippen LogP contribution in [0.4, 0.5) is 0 Å². The van der Waals surface area contributed by atoms with Crippen molar-refractivity contribution < 1.29 is 57.0 Å². The molecule has 2 aromatic carbocycles. The van der Waals surface area contributed by atoms with Gasteiger partial charge in [0, 0.05) is 0 Å². The third-order valence-corrected chi connectivity index (χ3v) is 12.4. The molecule has 0 heterocycles. The molecule has 1 N–H and O–H groups in total. The van der Waals surface area contributed by atoms with Crippen molar-refractivity contribution in [2.45, 2.75) is 32.2 Å². The first-order valence-corrected chi connectivity index (χ1v) is 19.4. The molecule has 0 aliphatic rings. The molecule has 0 unspecified atom stereocenters. The highest BCUT2D eigenvalue weighted by Gasteiger charge is 2.50. The molecule has 2 rings (SSSR count). The van der Waals surface area contributed by atoms with Crippen LogP contribution in [0.25, 0.3) is 0 Å². The molecule has 0 radical (unpaired) electrons. The fourth-order valence-corrected chi connectivity index (χ4v) is 9.58. The summed E-state index contributed by atoms with van der Waals surface area (Å²) < 4.78 is 56.2. The van der Waals surface area contributed by atoms with Crippen LogP contribution in [0.15, 0.2) is 60.7 Å². The lowest BCUT2D eigenvalue weighted by Gasteiger charge is -2.43. The normalized spacial score (nSPS) is 12.1. The van der Waals surface area contributed by atoms with E-state index >= 15 is 0 Å². The van der Waals surface area contributed by atoms with Crippen LogP contribution >= 0.6 is 0 Å². The van der Waals surface area contributed by atoms with Crippen molar-refractivity contribution >= 4 is 24.7 Å². The van der Waals surface area contributed by atoms with Crippen LogP contribution in [0, 0.1) is 0 Å². The first-order chi connectivity index (χ1) is 24.4. The molecule has 0 fully saturated rings. The lowest BCUT2D eigenvalue weighted by Crippen LogP contribution is -2.66. The topological polar surface area (TPSA) is 130 Å². The van der Waals surface area contributed by atoms with Crippen molar-refractivity contribution in [3.63, 3.8) is 0 Å². The maximum atomic E-state index is 10.4. The van der Waals surface area contributed by atoms with Crippen LogP contribution in [0.3, 0.4) is 0 Å². The monoisotopic (exact) mass is 724 g/mol. The Morgan fingerprint density at radius 2 is 0.720 bits per heavy atom. The molecule has 50 heavy (non-hydrogen) atoms. The van der Waals surface area contributed by atoms with Gasteiger partial charge in [0.2, 0.25) is 0 Å². The van der Waals surface area contributed by atoms with E-state index in [-0.39, 0.29) is 18.1 Å². The summed E-state index contributed by atoms with van der Waals surface area (Å²) in [5.41, 5.74) is 0. The molecular formula is C37H60O12Si. The van der Waals surface area contributed by atoms with E-state index in [1.807, 2.05) is 12.1 Å². The van der Waals surface area contributed by atoms with Crippen LogP contribution in [0.2, 0.25) is 5.04 Å². The molecule has 0 spiro atoms. The summed E-state index contributed by atoms with van der Waals surface area (Å²) in [5, 5.41) is 11.0. The number of ether oxygens (including phenoxy) is 9. The third-order valence-electron chi connectivity index (χ3n) is 7.40. The zero-order chi connectivity index (χ0) is 36.0. The van der Waals surface area contributed by atoms with Gasteiger partial charge in [-0.25, -0.2) is 0 Å². The van der Waals surface area contributed by atoms with E-state index in [9.17, 15) is 4.79 Å². The molecule has 0 aliphatic carbocycles. The first kappa shape index (κ1) is 43.9. The second-order valence-corrected chi connectivity index (χ2v) is 16.5. The molecule has 0 saturated heterocycles. The van der Waals surface area contributed by atoms with Crippen molar-refractivity contribution in [3.8, 4) is 0 Å². The van der Waals surface area contributed by atoms with Crippen molar-refractivity contribution in [3.05, 3.63) is 60.7 Å². The zero-order valence-electron chi connectivity index (χ0n) is 30.4. The summed E-state index contributed by atoms with van der Waals surface area (Å²) in [7, 11) is -2.54. The Morgan fingerprint density at radius 3 is 0.980 bits per heavy atom. The van der Waals surface area contributed by atoms with E-state index in [2.05, 4.69) is 69.3 Å². The number of aliphatic carboxylic acids is 1. The third kappa shape index (κ3) is 19.4. The Balaban J connectivity index is 1.35. The van der Waals surface area contributed by atoms with Gasteiger partial charge in [0.25, 0.3) is 8.32 Å². The summed E-state index contributed by atoms with van der Waals surface area (Å²) in [6.45, 7) is 15.6. The second-order valence-electron chi connectivity index (χ2n) is 12.2. The molecule has 284 valence electrons. The van der Waals surface area contributed by atoms with Crippen molar-refractivity contribution in [1.82, 2.24) is 0 Å². The van der Waals surface area contributed by atoms with Crippen molar-refractivity contribution in [1.29, 1.82) is 0 Å². The van der Waals surface area contributed by atoms with Gasteiger partial charge in [0.15, 0.2) is 0 Å². The van der Waals surface area contributed by atoms with Crippen LogP contribution < -0.4 is 10.4 Å². The number of benzene rings is 2. The van der Waals surface area contributed by atoms with E-state index in [0.29, 0.717) is 119 Å². The Morgan fingerprint density at radius 1 is 0.460 bits per heavy atom. The number of carboxylic acid groups (broad SMARTS) is 1. The Hall–Kier alpha value is -2.27. The predicted molar refractivity (Wildman–Crippen MR) is 193 cm³/mol. The molecule has 0 aromatic heterocycles. The van der Waals surface area contributed by atoms with E-state index in [0.717, 1.165) is 0 Å². The molecule has 0 saturated carbocycles. The standard InChI is InChI=1S/C37H60O12Si/c1-37(2,3)50(34-10-6-4-7-11-34,35-12-8-5-9-13-35)49-33-32-48-31-30-47-29-28-46-27-26-45-25-24-44-23-22-43-21-20-42-19-18-41-17-16-40-15-14-36(38)39/h4-13H,14-33H2,1-3H3,(H,38,39). The molecule has 0 atom stereocenters. The smallest absolute Gasteiger partial charge is 0.305 e. The summed E-state index contributed by atoms with van der Waals surface area (Å²) >= 11 is 0. The van der Waals surface area contributed by atoms with Gasteiger partial charge in [0.05, 0.1) is 132 Å². The molecular weight excluding hydrogens is 664 g/mol. The summed E-state index contributed by atoms with van der Waals surface area (Å²) in [4.78, 5) is 10.4. The summed E-state index contributed by atoms with van der Waals surface area (Å²) in [6.07, 6.45) is -0.00217.